The average molecular weight is 419 g/mol. The predicted octanol–water partition coefficient (Wildman–Crippen LogP) is 4.32. The highest BCUT2D eigenvalue weighted by molar-refractivity contribution is 5.99. The molecule has 0 radical (unpaired) electrons. The summed E-state index contributed by atoms with van der Waals surface area (Å²) in [5, 5.41) is 8.97. The number of hydrogen-bond acceptors (Lipinski definition) is 6. The number of urea groups is 1. The highest BCUT2D eigenvalue weighted by Crippen LogP contribution is 2.22. The van der Waals surface area contributed by atoms with Crippen molar-refractivity contribution in [2.45, 2.75) is 13.8 Å². The second-order valence-corrected chi connectivity index (χ2v) is 7.41. The van der Waals surface area contributed by atoms with Crippen molar-refractivity contribution < 1.29 is 9.53 Å². The zero-order chi connectivity index (χ0) is 21.6. The molecule has 3 N–H and O–H groups in total. The molecule has 0 atom stereocenters. The summed E-state index contributed by atoms with van der Waals surface area (Å²) in [6.07, 6.45) is 0. The summed E-state index contributed by atoms with van der Waals surface area (Å²) in [5.74, 6) is 2.33. The molecule has 0 saturated carbocycles. The van der Waals surface area contributed by atoms with Crippen LogP contribution in [0.5, 0.6) is 0 Å². The Hall–Kier alpha value is -3.65. The number of carbonyl (C=O) groups is 1. The van der Waals surface area contributed by atoms with Gasteiger partial charge >= 0.3 is 6.03 Å². The minimum Gasteiger partial charge on any atom is -0.378 e. The van der Waals surface area contributed by atoms with Crippen LogP contribution in [0.2, 0.25) is 0 Å². The highest BCUT2D eigenvalue weighted by atomic mass is 16.5. The van der Waals surface area contributed by atoms with E-state index >= 15 is 0 Å². The third-order valence-corrected chi connectivity index (χ3v) is 4.88. The lowest BCUT2D eigenvalue weighted by atomic mass is 10.2. The fraction of sp³-hybridized carbons (Fsp3) is 0.261. The number of rotatable bonds is 5. The maximum atomic E-state index is 12.2. The number of morpholine rings is 1. The average Bonchev–Trinajstić information content (AvgIpc) is 2.77. The van der Waals surface area contributed by atoms with Crippen LogP contribution in [0.4, 0.5) is 33.5 Å². The Balaban J connectivity index is 1.37. The molecule has 3 aromatic rings. The molecule has 4 rings (SSSR count). The van der Waals surface area contributed by atoms with Crippen molar-refractivity contribution in [1.29, 1.82) is 0 Å². The molecule has 1 fully saturated rings. The van der Waals surface area contributed by atoms with Gasteiger partial charge in [0.05, 0.1) is 13.2 Å². The quantitative estimate of drug-likeness (QED) is 0.572. The summed E-state index contributed by atoms with van der Waals surface area (Å²) in [5.41, 5.74) is 3.46. The number of nitrogens with zero attached hydrogens (tertiary/aromatic N) is 3. The van der Waals surface area contributed by atoms with Crippen LogP contribution in [0, 0.1) is 13.8 Å². The minimum atomic E-state index is -0.286. The van der Waals surface area contributed by atoms with Crippen LogP contribution in [0.1, 0.15) is 11.4 Å². The van der Waals surface area contributed by atoms with Crippen molar-refractivity contribution in [3.8, 4) is 0 Å². The number of carbonyl (C=O) groups excluding carboxylic acids is 1. The van der Waals surface area contributed by atoms with Gasteiger partial charge in [-0.05, 0) is 50.2 Å². The number of hydrogen-bond donors (Lipinski definition) is 3. The van der Waals surface area contributed by atoms with Crippen LogP contribution in [0.15, 0.2) is 54.6 Å². The molecule has 8 heteroatoms. The van der Waals surface area contributed by atoms with E-state index in [4.69, 9.17) is 4.74 Å². The second-order valence-electron chi connectivity index (χ2n) is 7.41. The summed E-state index contributed by atoms with van der Waals surface area (Å²) in [4.78, 5) is 23.4. The molecule has 1 aliphatic rings. The summed E-state index contributed by atoms with van der Waals surface area (Å²) < 4.78 is 5.42. The number of ether oxygens (including phenoxy) is 1. The Morgan fingerprint density at radius 2 is 1.45 bits per heavy atom. The largest absolute Gasteiger partial charge is 0.378 e. The van der Waals surface area contributed by atoms with Gasteiger partial charge in [0.25, 0.3) is 0 Å². The van der Waals surface area contributed by atoms with E-state index in [9.17, 15) is 4.79 Å². The van der Waals surface area contributed by atoms with E-state index in [1.807, 2.05) is 68.4 Å². The Morgan fingerprint density at radius 3 is 2.10 bits per heavy atom. The topological polar surface area (TPSA) is 91.4 Å². The molecule has 2 heterocycles. The fourth-order valence-electron chi connectivity index (χ4n) is 3.29. The Morgan fingerprint density at radius 1 is 0.871 bits per heavy atom. The van der Waals surface area contributed by atoms with Gasteiger partial charge in [-0.3, -0.25) is 0 Å². The molecule has 0 spiro atoms. The van der Waals surface area contributed by atoms with Crippen molar-refractivity contribution in [3.63, 3.8) is 0 Å². The first-order chi connectivity index (χ1) is 15.0. The predicted molar refractivity (Wildman–Crippen MR) is 123 cm³/mol. The van der Waals surface area contributed by atoms with E-state index in [-0.39, 0.29) is 6.03 Å². The zero-order valence-electron chi connectivity index (χ0n) is 17.7. The summed E-state index contributed by atoms with van der Waals surface area (Å²) in [7, 11) is 0. The number of aryl methyl sites for hydroxylation is 2. The van der Waals surface area contributed by atoms with E-state index in [1.54, 1.807) is 0 Å². The monoisotopic (exact) mass is 418 g/mol. The first kappa shape index (κ1) is 20.6. The highest BCUT2D eigenvalue weighted by Gasteiger charge is 2.14. The molecule has 0 aliphatic carbocycles. The number of aromatic nitrogens is 2. The summed E-state index contributed by atoms with van der Waals surface area (Å²) >= 11 is 0. The number of benzene rings is 2. The number of nitrogens with one attached hydrogen (secondary N) is 3. The van der Waals surface area contributed by atoms with E-state index in [0.29, 0.717) is 24.7 Å². The molecule has 0 unspecified atom stereocenters. The molecule has 2 amide bonds. The SMILES string of the molecule is Cc1ccc(NC(=O)Nc2ccc(Nc3cc(N4CCOCC4)nc(C)n3)cc2)cc1. The number of anilines is 5. The van der Waals surface area contributed by atoms with Crippen LogP contribution >= 0.6 is 0 Å². The molecule has 31 heavy (non-hydrogen) atoms. The normalized spacial score (nSPS) is 13.5. The minimum absolute atomic E-state index is 0.286. The molecule has 2 aromatic carbocycles. The first-order valence-electron chi connectivity index (χ1n) is 10.3. The van der Waals surface area contributed by atoms with E-state index < -0.39 is 0 Å². The van der Waals surface area contributed by atoms with E-state index in [2.05, 4.69) is 30.8 Å². The van der Waals surface area contributed by atoms with Crippen LogP contribution in [-0.2, 0) is 4.74 Å². The molecule has 1 aliphatic heterocycles. The van der Waals surface area contributed by atoms with Gasteiger partial charge in [-0.25, -0.2) is 14.8 Å². The van der Waals surface area contributed by atoms with Crippen LogP contribution < -0.4 is 20.9 Å². The van der Waals surface area contributed by atoms with Crippen LogP contribution in [0.3, 0.4) is 0 Å². The standard InChI is InChI=1S/C23H26N6O2/c1-16-3-5-19(6-4-16)27-23(30)28-20-9-7-18(8-10-20)26-21-15-22(25-17(2)24-21)29-11-13-31-14-12-29/h3-10,15H,11-14H2,1-2H3,(H,24,25,26)(H2,27,28,30). The lowest BCUT2D eigenvalue weighted by Crippen LogP contribution is -2.36. The third-order valence-electron chi connectivity index (χ3n) is 4.88. The van der Waals surface area contributed by atoms with Crippen molar-refractivity contribution in [1.82, 2.24) is 9.97 Å². The van der Waals surface area contributed by atoms with Crippen LogP contribution in [-0.4, -0.2) is 42.3 Å². The summed E-state index contributed by atoms with van der Waals surface area (Å²) in [6, 6.07) is 16.8. The second kappa shape index (κ2) is 9.44. The van der Waals surface area contributed by atoms with Gasteiger partial charge in [0, 0.05) is 36.2 Å². The van der Waals surface area contributed by atoms with Crippen molar-refractivity contribution in [2.75, 3.05) is 47.2 Å². The van der Waals surface area contributed by atoms with Gasteiger partial charge < -0.3 is 25.6 Å². The molecular formula is C23H26N6O2. The molecule has 0 bridgehead atoms. The molecular weight excluding hydrogens is 392 g/mol. The maximum Gasteiger partial charge on any atom is 0.323 e. The first-order valence-corrected chi connectivity index (χ1v) is 10.3. The lowest BCUT2D eigenvalue weighted by molar-refractivity contribution is 0.122. The van der Waals surface area contributed by atoms with Crippen molar-refractivity contribution in [3.05, 3.63) is 66.0 Å². The third kappa shape index (κ3) is 5.70. The fourth-order valence-corrected chi connectivity index (χ4v) is 3.29. The number of amides is 2. The lowest BCUT2D eigenvalue weighted by Gasteiger charge is -2.28. The smallest absolute Gasteiger partial charge is 0.323 e. The van der Waals surface area contributed by atoms with Crippen molar-refractivity contribution in [2.24, 2.45) is 0 Å². The van der Waals surface area contributed by atoms with Gasteiger partial charge in [0.15, 0.2) is 0 Å². The van der Waals surface area contributed by atoms with Crippen LogP contribution in [0.25, 0.3) is 0 Å². The van der Waals surface area contributed by atoms with E-state index in [0.717, 1.165) is 41.7 Å². The zero-order valence-corrected chi connectivity index (χ0v) is 17.7. The van der Waals surface area contributed by atoms with Crippen molar-refractivity contribution >= 4 is 34.7 Å². The maximum absolute atomic E-state index is 12.2. The Kier molecular flexibility index (Phi) is 6.28. The summed E-state index contributed by atoms with van der Waals surface area (Å²) in [6.45, 7) is 6.94. The van der Waals surface area contributed by atoms with Gasteiger partial charge in [0.1, 0.15) is 17.5 Å². The van der Waals surface area contributed by atoms with Gasteiger partial charge in [0.2, 0.25) is 0 Å². The molecule has 8 nitrogen and oxygen atoms in total. The Bertz CT molecular complexity index is 1030. The molecule has 160 valence electrons. The van der Waals surface area contributed by atoms with E-state index in [1.165, 1.54) is 0 Å². The Labute approximate surface area is 181 Å². The van der Waals surface area contributed by atoms with Gasteiger partial charge in [-0.15, -0.1) is 0 Å². The molecule has 1 aromatic heterocycles. The van der Waals surface area contributed by atoms with Gasteiger partial charge in [-0.2, -0.15) is 0 Å². The van der Waals surface area contributed by atoms with Gasteiger partial charge in [-0.1, -0.05) is 17.7 Å². The molecule has 1 saturated heterocycles.